The molecule has 1 saturated heterocycles. The molecule has 0 unspecified atom stereocenters. The molecular formula is C18H17ClN6O2. The lowest BCUT2D eigenvalue weighted by Gasteiger charge is -2.34. The predicted octanol–water partition coefficient (Wildman–Crippen LogP) is 2.33. The Kier molecular flexibility index (Phi) is 4.64. The number of nitrogens with one attached hydrogen (secondary N) is 2. The number of H-pyrrole nitrogens is 1. The standard InChI is InChI=1S/C18H17ClN6O2/c19-12-2-3-13-14(10-12)22-11-15(16(13)26)23-18(27)25-8-6-24(7-9-25)17-20-4-1-5-21-17/h1-5,10-11H,6-9H2,(H,22,26)(H,23,27). The van der Waals surface area contributed by atoms with Crippen LogP contribution in [0.1, 0.15) is 0 Å². The molecule has 4 rings (SSSR count). The van der Waals surface area contributed by atoms with Gasteiger partial charge < -0.3 is 20.1 Å². The number of benzene rings is 1. The van der Waals surface area contributed by atoms with Gasteiger partial charge in [0.25, 0.3) is 0 Å². The van der Waals surface area contributed by atoms with E-state index in [4.69, 9.17) is 11.6 Å². The van der Waals surface area contributed by atoms with Crippen LogP contribution in [0, 0.1) is 0 Å². The Morgan fingerprint density at radius 3 is 2.63 bits per heavy atom. The van der Waals surface area contributed by atoms with Gasteiger partial charge >= 0.3 is 6.03 Å². The van der Waals surface area contributed by atoms with Crippen LogP contribution in [-0.4, -0.2) is 52.1 Å². The number of urea groups is 1. The van der Waals surface area contributed by atoms with Gasteiger partial charge in [-0.15, -0.1) is 0 Å². The van der Waals surface area contributed by atoms with E-state index in [9.17, 15) is 9.59 Å². The summed E-state index contributed by atoms with van der Waals surface area (Å²) in [5.41, 5.74) is 0.593. The minimum Gasteiger partial charge on any atom is -0.359 e. The van der Waals surface area contributed by atoms with Crippen molar-refractivity contribution in [1.29, 1.82) is 0 Å². The molecule has 1 aromatic carbocycles. The second-order valence-corrected chi connectivity index (χ2v) is 6.61. The summed E-state index contributed by atoms with van der Waals surface area (Å²) in [5, 5.41) is 3.71. The van der Waals surface area contributed by atoms with Gasteiger partial charge in [-0.1, -0.05) is 11.6 Å². The van der Waals surface area contributed by atoms with Crippen LogP contribution in [-0.2, 0) is 0 Å². The van der Waals surface area contributed by atoms with Gasteiger partial charge in [0.05, 0.1) is 5.52 Å². The Bertz CT molecular complexity index is 1030. The highest BCUT2D eigenvalue weighted by Gasteiger charge is 2.23. The number of carbonyl (C=O) groups excluding carboxylic acids is 1. The van der Waals surface area contributed by atoms with E-state index in [-0.39, 0.29) is 17.1 Å². The molecule has 2 amide bonds. The van der Waals surface area contributed by atoms with Gasteiger partial charge in [0.15, 0.2) is 0 Å². The Morgan fingerprint density at radius 1 is 1.15 bits per heavy atom. The van der Waals surface area contributed by atoms with Crippen molar-refractivity contribution in [3.63, 3.8) is 0 Å². The van der Waals surface area contributed by atoms with Gasteiger partial charge in [0.2, 0.25) is 11.4 Å². The molecule has 138 valence electrons. The van der Waals surface area contributed by atoms with Crippen molar-refractivity contribution in [3.05, 3.63) is 58.1 Å². The maximum absolute atomic E-state index is 12.6. The maximum atomic E-state index is 12.6. The fraction of sp³-hybridized carbons (Fsp3) is 0.222. The van der Waals surface area contributed by atoms with E-state index in [0.717, 1.165) is 0 Å². The van der Waals surface area contributed by atoms with Crippen molar-refractivity contribution in [1.82, 2.24) is 19.9 Å². The Labute approximate surface area is 159 Å². The molecule has 0 saturated carbocycles. The third-order valence-corrected chi connectivity index (χ3v) is 4.72. The lowest BCUT2D eigenvalue weighted by molar-refractivity contribution is 0.208. The Balaban J connectivity index is 1.44. The predicted molar refractivity (Wildman–Crippen MR) is 104 cm³/mol. The van der Waals surface area contributed by atoms with Gasteiger partial charge in [-0.2, -0.15) is 0 Å². The molecule has 27 heavy (non-hydrogen) atoms. The van der Waals surface area contributed by atoms with Gasteiger partial charge in [0.1, 0.15) is 5.69 Å². The molecule has 0 spiro atoms. The molecule has 8 nitrogen and oxygen atoms in total. The molecule has 1 aliphatic rings. The summed E-state index contributed by atoms with van der Waals surface area (Å²) in [6.07, 6.45) is 4.88. The Hall–Kier alpha value is -3.13. The second kappa shape index (κ2) is 7.24. The molecule has 3 heterocycles. The number of aromatic amines is 1. The van der Waals surface area contributed by atoms with Gasteiger partial charge in [-0.05, 0) is 24.3 Å². The van der Waals surface area contributed by atoms with Crippen molar-refractivity contribution in [2.75, 3.05) is 36.4 Å². The molecular weight excluding hydrogens is 368 g/mol. The lowest BCUT2D eigenvalue weighted by Crippen LogP contribution is -2.50. The quantitative estimate of drug-likeness (QED) is 0.707. The van der Waals surface area contributed by atoms with Crippen molar-refractivity contribution >= 4 is 40.2 Å². The number of hydrogen-bond donors (Lipinski definition) is 2. The molecule has 0 atom stereocenters. The number of fused-ring (bicyclic) bond motifs is 1. The molecule has 0 radical (unpaired) electrons. The molecule has 9 heteroatoms. The number of hydrogen-bond acceptors (Lipinski definition) is 5. The van der Waals surface area contributed by atoms with E-state index in [1.165, 1.54) is 6.20 Å². The Morgan fingerprint density at radius 2 is 1.89 bits per heavy atom. The number of amides is 2. The van der Waals surface area contributed by atoms with Gasteiger partial charge in [0, 0.05) is 55.2 Å². The van der Waals surface area contributed by atoms with Crippen molar-refractivity contribution in [2.45, 2.75) is 0 Å². The number of carbonyl (C=O) groups is 1. The fourth-order valence-electron chi connectivity index (χ4n) is 3.05. The van der Waals surface area contributed by atoms with Crippen LogP contribution in [0.25, 0.3) is 10.9 Å². The summed E-state index contributed by atoms with van der Waals surface area (Å²) in [6, 6.07) is 6.43. The molecule has 2 N–H and O–H groups in total. The molecule has 0 bridgehead atoms. The first-order chi connectivity index (χ1) is 13.1. The summed E-state index contributed by atoms with van der Waals surface area (Å²) < 4.78 is 0. The lowest BCUT2D eigenvalue weighted by atomic mass is 10.2. The number of rotatable bonds is 2. The third-order valence-electron chi connectivity index (χ3n) is 4.49. The van der Waals surface area contributed by atoms with Crippen LogP contribution >= 0.6 is 11.6 Å². The number of anilines is 2. The average Bonchev–Trinajstić information content (AvgIpc) is 2.71. The minimum atomic E-state index is -0.303. The molecule has 1 fully saturated rings. The van der Waals surface area contributed by atoms with E-state index in [1.807, 2.05) is 4.90 Å². The molecule has 1 aliphatic heterocycles. The zero-order valence-corrected chi connectivity index (χ0v) is 15.1. The highest BCUT2D eigenvalue weighted by molar-refractivity contribution is 6.31. The van der Waals surface area contributed by atoms with Crippen LogP contribution < -0.4 is 15.6 Å². The average molecular weight is 385 g/mol. The topological polar surface area (TPSA) is 94.2 Å². The summed E-state index contributed by atoms with van der Waals surface area (Å²) in [4.78, 5) is 40.3. The highest BCUT2D eigenvalue weighted by atomic mass is 35.5. The molecule has 2 aromatic heterocycles. The van der Waals surface area contributed by atoms with Crippen LogP contribution in [0.5, 0.6) is 0 Å². The fourth-order valence-corrected chi connectivity index (χ4v) is 3.22. The summed E-state index contributed by atoms with van der Waals surface area (Å²) in [5.74, 6) is 0.655. The van der Waals surface area contributed by atoms with E-state index in [2.05, 4.69) is 20.3 Å². The van der Waals surface area contributed by atoms with E-state index >= 15 is 0 Å². The number of pyridine rings is 1. The summed E-state index contributed by atoms with van der Waals surface area (Å²) >= 11 is 5.94. The van der Waals surface area contributed by atoms with Crippen LogP contribution in [0.4, 0.5) is 16.4 Å². The second-order valence-electron chi connectivity index (χ2n) is 6.17. The number of piperazine rings is 1. The van der Waals surface area contributed by atoms with Crippen molar-refractivity contribution in [2.24, 2.45) is 0 Å². The third kappa shape index (κ3) is 3.56. The normalized spacial score (nSPS) is 14.4. The number of nitrogens with zero attached hydrogens (tertiary/aromatic N) is 4. The zero-order valence-electron chi connectivity index (χ0n) is 14.4. The van der Waals surface area contributed by atoms with Crippen molar-refractivity contribution in [3.8, 4) is 0 Å². The number of halogens is 1. The van der Waals surface area contributed by atoms with E-state index < -0.39 is 0 Å². The molecule has 3 aromatic rings. The summed E-state index contributed by atoms with van der Waals surface area (Å²) in [6.45, 7) is 2.30. The summed E-state index contributed by atoms with van der Waals surface area (Å²) in [7, 11) is 0. The highest BCUT2D eigenvalue weighted by Crippen LogP contribution is 2.17. The van der Waals surface area contributed by atoms with E-state index in [0.29, 0.717) is 48.1 Å². The first-order valence-electron chi connectivity index (χ1n) is 8.51. The zero-order chi connectivity index (χ0) is 18.8. The van der Waals surface area contributed by atoms with Crippen molar-refractivity contribution < 1.29 is 4.79 Å². The van der Waals surface area contributed by atoms with Gasteiger partial charge in [-0.25, -0.2) is 14.8 Å². The minimum absolute atomic E-state index is 0.212. The van der Waals surface area contributed by atoms with E-state index in [1.54, 1.807) is 41.6 Å². The van der Waals surface area contributed by atoms with Crippen LogP contribution in [0.2, 0.25) is 5.02 Å². The monoisotopic (exact) mass is 384 g/mol. The first kappa shape index (κ1) is 17.3. The van der Waals surface area contributed by atoms with Crippen LogP contribution in [0.15, 0.2) is 47.7 Å². The van der Waals surface area contributed by atoms with Crippen LogP contribution in [0.3, 0.4) is 0 Å². The molecule has 0 aliphatic carbocycles. The smallest absolute Gasteiger partial charge is 0.322 e. The largest absolute Gasteiger partial charge is 0.359 e. The van der Waals surface area contributed by atoms with Gasteiger partial charge in [-0.3, -0.25) is 4.79 Å². The number of aromatic nitrogens is 3. The first-order valence-corrected chi connectivity index (χ1v) is 8.88. The SMILES string of the molecule is O=C(Nc1c[nH]c2cc(Cl)ccc2c1=O)N1CCN(c2ncccn2)CC1. The maximum Gasteiger partial charge on any atom is 0.322 e.